The lowest BCUT2D eigenvalue weighted by Crippen LogP contribution is -2.38. The van der Waals surface area contributed by atoms with Gasteiger partial charge < -0.3 is 19.9 Å². The van der Waals surface area contributed by atoms with Gasteiger partial charge in [-0.2, -0.15) is 13.5 Å². The van der Waals surface area contributed by atoms with Gasteiger partial charge in [-0.3, -0.25) is 9.59 Å². The van der Waals surface area contributed by atoms with Crippen molar-refractivity contribution in [2.75, 3.05) is 24.5 Å². The summed E-state index contributed by atoms with van der Waals surface area (Å²) in [4.78, 5) is 35.5. The third kappa shape index (κ3) is 5.12. The van der Waals surface area contributed by atoms with E-state index in [1.807, 2.05) is 38.7 Å². The van der Waals surface area contributed by atoms with Crippen molar-refractivity contribution in [3.8, 4) is 11.3 Å². The van der Waals surface area contributed by atoms with E-state index >= 15 is 4.39 Å². The zero-order valence-electron chi connectivity index (χ0n) is 22.3. The Labute approximate surface area is 250 Å². The number of hydrogen-bond acceptors (Lipinski definition) is 5. The van der Waals surface area contributed by atoms with E-state index in [2.05, 4.69) is 18.4 Å². The smallest absolute Gasteiger partial charge is 0.255 e. The molecule has 0 radical (unpaired) electrons. The number of anilines is 1. The second kappa shape index (κ2) is 11.1. The quantitative estimate of drug-likeness (QED) is 0.312. The van der Waals surface area contributed by atoms with Crippen LogP contribution in [0, 0.1) is 11.7 Å². The van der Waals surface area contributed by atoms with E-state index in [-0.39, 0.29) is 50.5 Å². The molecule has 4 aromatic rings. The summed E-state index contributed by atoms with van der Waals surface area (Å²) in [5.74, 6) is -0.484. The lowest BCUT2D eigenvalue weighted by Gasteiger charge is -2.33. The number of pyridine rings is 1. The van der Waals surface area contributed by atoms with Gasteiger partial charge in [0.25, 0.3) is 5.91 Å². The van der Waals surface area contributed by atoms with Crippen LogP contribution in [-0.2, 0) is 11.2 Å². The van der Waals surface area contributed by atoms with E-state index in [9.17, 15) is 9.59 Å². The third-order valence-corrected chi connectivity index (χ3v) is 9.56. The van der Waals surface area contributed by atoms with Crippen LogP contribution in [0.4, 0.5) is 10.1 Å². The number of aromatic nitrogens is 2. The Morgan fingerprint density at radius 2 is 1.88 bits per heavy atom. The summed E-state index contributed by atoms with van der Waals surface area (Å²) in [6, 6.07) is 9.30. The van der Waals surface area contributed by atoms with Gasteiger partial charge in [-0.15, -0.1) is 11.3 Å². The number of nitrogens with zero attached hydrogens (tertiary/aromatic N) is 4. The highest BCUT2D eigenvalue weighted by Gasteiger charge is 2.32. The molecule has 0 bridgehead atoms. The topological polar surface area (TPSA) is 83.9 Å². The molecule has 2 atom stereocenters. The van der Waals surface area contributed by atoms with Crippen molar-refractivity contribution in [2.45, 2.75) is 52.0 Å². The average molecular weight is 594 g/mol. The Kier molecular flexibility index (Phi) is 7.91. The minimum absolute atomic E-state index is 0. The molecule has 7 rings (SSSR count). The molecule has 7 nitrogen and oxygen atoms in total. The summed E-state index contributed by atoms with van der Waals surface area (Å²) in [7, 11) is 0. The molecule has 216 valence electrons. The average Bonchev–Trinajstić information content (AvgIpc) is 3.31. The number of imidazole rings is 1. The largest absolute Gasteiger partial charge is 0.371 e. The first kappa shape index (κ1) is 29.1. The van der Waals surface area contributed by atoms with Crippen LogP contribution in [-0.4, -0.2) is 45.7 Å². The van der Waals surface area contributed by atoms with E-state index in [4.69, 9.17) is 10.7 Å². The molecule has 0 spiro atoms. The minimum Gasteiger partial charge on any atom is -0.371 e. The van der Waals surface area contributed by atoms with Gasteiger partial charge >= 0.3 is 0 Å². The number of rotatable bonds is 5. The van der Waals surface area contributed by atoms with Crippen molar-refractivity contribution in [3.05, 3.63) is 75.5 Å². The lowest BCUT2D eigenvalue weighted by molar-refractivity contribution is -0.121. The molecule has 10 heteroatoms. The van der Waals surface area contributed by atoms with Gasteiger partial charge in [0, 0.05) is 48.2 Å². The molecule has 1 aromatic carbocycles. The number of halogens is 1. The minimum atomic E-state index is -0.364. The predicted molar refractivity (Wildman–Crippen MR) is 167 cm³/mol. The first-order chi connectivity index (χ1) is 18.9. The van der Waals surface area contributed by atoms with Crippen LogP contribution in [0.2, 0.25) is 0 Å². The fourth-order valence-electron chi connectivity index (χ4n) is 6.15. The molecule has 1 saturated heterocycles. The molecule has 0 unspecified atom stereocenters. The molecule has 1 saturated carbocycles. The summed E-state index contributed by atoms with van der Waals surface area (Å²) in [5.41, 5.74) is 10.9. The van der Waals surface area contributed by atoms with Crippen LogP contribution in [0.3, 0.4) is 0 Å². The van der Waals surface area contributed by atoms with Gasteiger partial charge in [-0.25, -0.2) is 9.37 Å². The number of hydrogen-bond donors (Lipinski definition) is 1. The van der Waals surface area contributed by atoms with Gasteiger partial charge in [-0.05, 0) is 85.4 Å². The van der Waals surface area contributed by atoms with Crippen LogP contribution < -0.4 is 10.6 Å². The zero-order valence-corrected chi connectivity index (χ0v) is 24.1. The first-order valence-corrected chi connectivity index (χ1v) is 14.5. The molecule has 3 aliphatic rings. The molecule has 2 fully saturated rings. The van der Waals surface area contributed by atoms with Crippen molar-refractivity contribution in [2.24, 2.45) is 11.7 Å². The number of fused-ring (bicyclic) bond motifs is 2. The van der Waals surface area contributed by atoms with Crippen molar-refractivity contribution in [1.29, 1.82) is 0 Å². The van der Waals surface area contributed by atoms with Crippen LogP contribution >= 0.6 is 24.8 Å². The van der Waals surface area contributed by atoms with Gasteiger partial charge in [0.1, 0.15) is 11.5 Å². The number of benzene rings is 1. The third-order valence-electron chi connectivity index (χ3n) is 8.57. The van der Waals surface area contributed by atoms with Crippen LogP contribution in [0.1, 0.15) is 71.9 Å². The summed E-state index contributed by atoms with van der Waals surface area (Å²) in [6.45, 7) is 3.98. The molecular weight excluding hydrogens is 558 g/mol. The highest BCUT2D eigenvalue weighted by atomic mass is 32.1. The summed E-state index contributed by atoms with van der Waals surface area (Å²) < 4.78 is 17.3. The van der Waals surface area contributed by atoms with E-state index in [0.717, 1.165) is 36.2 Å². The van der Waals surface area contributed by atoms with Crippen LogP contribution in [0.5, 0.6) is 0 Å². The number of thiophene rings is 1. The van der Waals surface area contributed by atoms with Gasteiger partial charge in [-0.1, -0.05) is 7.43 Å². The summed E-state index contributed by atoms with van der Waals surface area (Å²) in [5, 5.41) is 2.11. The van der Waals surface area contributed by atoms with E-state index in [1.165, 1.54) is 16.5 Å². The standard InChI is InChI=1S/C30H30FN5O2S.CH4.H2S/c1-17-22-8-11-39-27(22)7-10-36(17)30(38)20-12-24(18-2-3-18)29-33-26(16-35(29)15-20)23-5-4-21(13-25(23)31)34-9-6-19(14-34)28(32)37;;/h4-5,8,11-13,15-19H,2-3,6-7,9-10,14H2,1H3,(H2,32,37);1H4;1H2/t17-,19+;;/m1../s1. The monoisotopic (exact) mass is 593 g/mol. The molecule has 2 amide bonds. The number of carbonyl (C=O) groups excluding carboxylic acids is 2. The Balaban J connectivity index is 0.00000169. The highest BCUT2D eigenvalue weighted by Crippen LogP contribution is 2.43. The van der Waals surface area contributed by atoms with E-state index in [1.54, 1.807) is 17.4 Å². The number of nitrogens with two attached hydrogens (primary N) is 1. The van der Waals surface area contributed by atoms with Crippen molar-refractivity contribution in [3.63, 3.8) is 0 Å². The summed E-state index contributed by atoms with van der Waals surface area (Å²) >= 11 is 1.76. The molecule has 5 heterocycles. The maximum absolute atomic E-state index is 15.4. The lowest BCUT2D eigenvalue weighted by atomic mass is 10.00. The van der Waals surface area contributed by atoms with Crippen LogP contribution in [0.25, 0.3) is 16.9 Å². The second-order valence-corrected chi connectivity index (χ2v) is 12.0. The van der Waals surface area contributed by atoms with E-state index < -0.39 is 0 Å². The SMILES string of the molecule is C.C[C@@H]1c2ccsc2CCN1C(=O)c1cc(C2CC2)c2nc(-c3ccc(N4CC[C@H](C(N)=O)C4)cc3F)cn2c1.S. The normalized spacial score (nSPS) is 20.0. The van der Waals surface area contributed by atoms with Crippen LogP contribution in [0.15, 0.2) is 48.1 Å². The fraction of sp³-hybridized carbons (Fsp3) is 0.387. The molecular formula is C31H36FN5O2S2. The van der Waals surface area contributed by atoms with Gasteiger partial charge in [0.2, 0.25) is 5.91 Å². The molecule has 1 aliphatic carbocycles. The fourth-order valence-corrected chi connectivity index (χ4v) is 7.12. The maximum atomic E-state index is 15.4. The van der Waals surface area contributed by atoms with Gasteiger partial charge in [0.05, 0.1) is 23.2 Å². The summed E-state index contributed by atoms with van der Waals surface area (Å²) in [6.07, 6.45) is 7.37. The molecule has 2 N–H and O–H groups in total. The second-order valence-electron chi connectivity index (χ2n) is 11.0. The Morgan fingerprint density at radius 1 is 1.07 bits per heavy atom. The highest BCUT2D eigenvalue weighted by molar-refractivity contribution is 7.59. The number of carbonyl (C=O) groups is 2. The van der Waals surface area contributed by atoms with Crippen molar-refractivity contribution < 1.29 is 14.0 Å². The maximum Gasteiger partial charge on any atom is 0.255 e. The predicted octanol–water partition coefficient (Wildman–Crippen LogP) is 5.90. The number of amides is 2. The van der Waals surface area contributed by atoms with E-state index in [0.29, 0.717) is 48.8 Å². The Bertz CT molecular complexity index is 1630. The molecule has 2 aliphatic heterocycles. The Hall–Kier alpha value is -3.37. The molecule has 3 aromatic heterocycles. The molecule has 41 heavy (non-hydrogen) atoms. The van der Waals surface area contributed by atoms with Crippen molar-refractivity contribution in [1.82, 2.24) is 14.3 Å². The number of primary amides is 1. The Morgan fingerprint density at radius 3 is 2.59 bits per heavy atom. The first-order valence-electron chi connectivity index (χ1n) is 13.6. The van der Waals surface area contributed by atoms with Gasteiger partial charge in [0.15, 0.2) is 0 Å². The van der Waals surface area contributed by atoms with Crippen molar-refractivity contribution >= 4 is 48.0 Å². The zero-order chi connectivity index (χ0) is 26.8.